The standard InChI is InChI=1S/C16H20N8O2S.ClH/c1-22-8-7-18-16(22)14-11-17-6-9-24(14)27(25,26)13-5-3-4-12(10-13)15-19-20-21-23(15)2;/h3-5,7-8,10,14,17H,6,9,11H2,1-2H3;1H. The Hall–Kier alpha value is -2.34. The fourth-order valence-corrected chi connectivity index (χ4v) is 4.93. The molecule has 0 radical (unpaired) electrons. The molecule has 1 fully saturated rings. The van der Waals surface area contributed by atoms with Crippen molar-refractivity contribution in [3.8, 4) is 11.4 Å². The van der Waals surface area contributed by atoms with E-state index in [1.807, 2.05) is 17.8 Å². The number of halogens is 1. The summed E-state index contributed by atoms with van der Waals surface area (Å²) in [6, 6.07) is 6.33. The number of rotatable bonds is 4. The number of hydrogen-bond donors (Lipinski definition) is 1. The summed E-state index contributed by atoms with van der Waals surface area (Å²) >= 11 is 0. The minimum Gasteiger partial charge on any atom is -0.337 e. The van der Waals surface area contributed by atoms with E-state index < -0.39 is 10.0 Å². The number of hydrogen-bond acceptors (Lipinski definition) is 7. The molecule has 2 aromatic heterocycles. The van der Waals surface area contributed by atoms with Crippen molar-refractivity contribution >= 4 is 22.4 Å². The topological polar surface area (TPSA) is 111 Å². The van der Waals surface area contributed by atoms with Crippen LogP contribution in [0.5, 0.6) is 0 Å². The average molecular weight is 425 g/mol. The summed E-state index contributed by atoms with van der Waals surface area (Å²) in [6.45, 7) is 1.47. The Morgan fingerprint density at radius 3 is 2.75 bits per heavy atom. The smallest absolute Gasteiger partial charge is 0.243 e. The first-order chi connectivity index (χ1) is 13.0. The lowest BCUT2D eigenvalue weighted by molar-refractivity contribution is 0.258. The monoisotopic (exact) mass is 424 g/mol. The number of nitrogens with one attached hydrogen (secondary N) is 1. The van der Waals surface area contributed by atoms with Gasteiger partial charge in [-0.1, -0.05) is 12.1 Å². The largest absolute Gasteiger partial charge is 0.337 e. The van der Waals surface area contributed by atoms with Crippen LogP contribution in [0.2, 0.25) is 0 Å². The molecule has 1 aromatic carbocycles. The Balaban J connectivity index is 0.00000225. The number of aryl methyl sites for hydroxylation is 2. The van der Waals surface area contributed by atoms with Crippen LogP contribution in [0.1, 0.15) is 11.9 Å². The second-order valence-corrected chi connectivity index (χ2v) is 8.28. The molecule has 150 valence electrons. The molecular weight excluding hydrogens is 404 g/mol. The first kappa shape index (κ1) is 20.4. The van der Waals surface area contributed by atoms with Crippen molar-refractivity contribution in [3.63, 3.8) is 0 Å². The highest BCUT2D eigenvalue weighted by atomic mass is 35.5. The van der Waals surface area contributed by atoms with E-state index in [2.05, 4.69) is 25.8 Å². The number of nitrogens with zero attached hydrogens (tertiary/aromatic N) is 7. The lowest BCUT2D eigenvalue weighted by Gasteiger charge is -2.34. The third-order valence-corrected chi connectivity index (χ3v) is 6.57. The summed E-state index contributed by atoms with van der Waals surface area (Å²) in [7, 11) is -0.142. The molecular formula is C16H21ClN8O2S. The van der Waals surface area contributed by atoms with Crippen molar-refractivity contribution in [2.45, 2.75) is 10.9 Å². The Kier molecular flexibility index (Phi) is 5.79. The lowest BCUT2D eigenvalue weighted by atomic mass is 10.2. The maximum absolute atomic E-state index is 13.4. The quantitative estimate of drug-likeness (QED) is 0.644. The SMILES string of the molecule is Cl.Cn1ccnc1C1CNCCN1S(=O)(=O)c1cccc(-c2nnnn2C)c1. The molecule has 0 spiro atoms. The Morgan fingerprint density at radius 1 is 1.25 bits per heavy atom. The van der Waals surface area contributed by atoms with Gasteiger partial charge in [-0.2, -0.15) is 4.31 Å². The molecule has 0 amide bonds. The van der Waals surface area contributed by atoms with E-state index in [9.17, 15) is 8.42 Å². The van der Waals surface area contributed by atoms with Crippen LogP contribution in [0.15, 0.2) is 41.6 Å². The summed E-state index contributed by atoms with van der Waals surface area (Å²) in [5, 5.41) is 14.6. The Morgan fingerprint density at radius 2 is 2.07 bits per heavy atom. The fraction of sp³-hybridized carbons (Fsp3) is 0.375. The van der Waals surface area contributed by atoms with E-state index in [1.165, 1.54) is 8.99 Å². The third-order valence-electron chi connectivity index (χ3n) is 4.67. The molecule has 3 aromatic rings. The molecule has 4 rings (SSSR count). The molecule has 1 atom stereocenters. The van der Waals surface area contributed by atoms with Gasteiger partial charge in [-0.3, -0.25) is 0 Å². The number of sulfonamides is 1. The molecule has 0 saturated carbocycles. The average Bonchev–Trinajstić information content (AvgIpc) is 3.30. The van der Waals surface area contributed by atoms with E-state index in [-0.39, 0.29) is 23.3 Å². The van der Waals surface area contributed by atoms with Crippen molar-refractivity contribution in [1.82, 2.24) is 39.4 Å². The summed E-state index contributed by atoms with van der Waals surface area (Å²) in [5.41, 5.74) is 0.646. The van der Waals surface area contributed by atoms with Crippen molar-refractivity contribution in [2.24, 2.45) is 14.1 Å². The first-order valence-corrected chi connectivity index (χ1v) is 9.95. The van der Waals surface area contributed by atoms with Crippen molar-refractivity contribution in [1.29, 1.82) is 0 Å². The molecule has 12 heteroatoms. The van der Waals surface area contributed by atoms with E-state index in [1.54, 1.807) is 37.5 Å². The third kappa shape index (κ3) is 3.53. The lowest BCUT2D eigenvalue weighted by Crippen LogP contribution is -2.49. The van der Waals surface area contributed by atoms with Crippen LogP contribution in [0.3, 0.4) is 0 Å². The minimum absolute atomic E-state index is 0. The second kappa shape index (κ2) is 7.95. The van der Waals surface area contributed by atoms with Crippen LogP contribution in [-0.4, -0.2) is 62.1 Å². The van der Waals surface area contributed by atoms with Gasteiger partial charge in [-0.05, 0) is 22.6 Å². The zero-order chi connectivity index (χ0) is 19.0. The van der Waals surface area contributed by atoms with Gasteiger partial charge in [0.05, 0.1) is 10.9 Å². The highest BCUT2D eigenvalue weighted by molar-refractivity contribution is 7.89. The number of benzene rings is 1. The van der Waals surface area contributed by atoms with Gasteiger partial charge in [0.25, 0.3) is 0 Å². The minimum atomic E-state index is -3.72. The van der Waals surface area contributed by atoms with Crippen molar-refractivity contribution < 1.29 is 8.42 Å². The Labute approximate surface area is 169 Å². The Bertz CT molecular complexity index is 1060. The second-order valence-electron chi connectivity index (χ2n) is 6.39. The van der Waals surface area contributed by atoms with Gasteiger partial charge < -0.3 is 9.88 Å². The van der Waals surface area contributed by atoms with Gasteiger partial charge in [0.1, 0.15) is 5.82 Å². The highest BCUT2D eigenvalue weighted by Gasteiger charge is 2.36. The first-order valence-electron chi connectivity index (χ1n) is 8.51. The van der Waals surface area contributed by atoms with Crippen LogP contribution >= 0.6 is 12.4 Å². The normalized spacial score (nSPS) is 18.0. The van der Waals surface area contributed by atoms with Crippen LogP contribution in [-0.2, 0) is 24.1 Å². The van der Waals surface area contributed by atoms with Crippen LogP contribution < -0.4 is 5.32 Å². The maximum Gasteiger partial charge on any atom is 0.243 e. The fourth-order valence-electron chi connectivity index (χ4n) is 3.30. The predicted molar refractivity (Wildman–Crippen MR) is 104 cm³/mol. The number of tetrazole rings is 1. The van der Waals surface area contributed by atoms with E-state index in [4.69, 9.17) is 0 Å². The molecule has 0 aliphatic carbocycles. The summed E-state index contributed by atoms with van der Waals surface area (Å²) in [6.07, 6.45) is 3.49. The van der Waals surface area contributed by atoms with Crippen LogP contribution in [0, 0.1) is 0 Å². The highest BCUT2D eigenvalue weighted by Crippen LogP contribution is 2.29. The summed E-state index contributed by atoms with van der Waals surface area (Å²) in [5.74, 6) is 1.22. The number of aromatic nitrogens is 6. The molecule has 1 saturated heterocycles. The molecule has 28 heavy (non-hydrogen) atoms. The predicted octanol–water partition coefficient (Wildman–Crippen LogP) is 0.368. The molecule has 1 aliphatic rings. The van der Waals surface area contributed by atoms with Gasteiger partial charge in [0.2, 0.25) is 10.0 Å². The molecule has 1 unspecified atom stereocenters. The molecule has 10 nitrogen and oxygen atoms in total. The zero-order valence-electron chi connectivity index (χ0n) is 15.4. The van der Waals surface area contributed by atoms with E-state index >= 15 is 0 Å². The van der Waals surface area contributed by atoms with Gasteiger partial charge in [-0.15, -0.1) is 17.5 Å². The summed E-state index contributed by atoms with van der Waals surface area (Å²) < 4.78 is 31.7. The van der Waals surface area contributed by atoms with Gasteiger partial charge in [-0.25, -0.2) is 18.1 Å². The molecule has 3 heterocycles. The molecule has 1 N–H and O–H groups in total. The van der Waals surface area contributed by atoms with Gasteiger partial charge in [0, 0.05) is 51.7 Å². The van der Waals surface area contributed by atoms with Crippen LogP contribution in [0.4, 0.5) is 0 Å². The van der Waals surface area contributed by atoms with Crippen molar-refractivity contribution in [2.75, 3.05) is 19.6 Å². The zero-order valence-corrected chi connectivity index (χ0v) is 17.1. The van der Waals surface area contributed by atoms with Gasteiger partial charge >= 0.3 is 0 Å². The number of imidazole rings is 1. The molecule has 0 bridgehead atoms. The van der Waals surface area contributed by atoms with Crippen LogP contribution in [0.25, 0.3) is 11.4 Å². The molecule has 1 aliphatic heterocycles. The van der Waals surface area contributed by atoms with Crippen molar-refractivity contribution in [3.05, 3.63) is 42.5 Å². The summed E-state index contributed by atoms with van der Waals surface area (Å²) in [4.78, 5) is 4.57. The van der Waals surface area contributed by atoms with Gasteiger partial charge in [0.15, 0.2) is 5.82 Å². The van der Waals surface area contributed by atoms with E-state index in [0.29, 0.717) is 36.8 Å². The maximum atomic E-state index is 13.4. The van der Waals surface area contributed by atoms with E-state index in [0.717, 1.165) is 0 Å². The number of piperazine rings is 1.